The molecule has 0 atom stereocenters. The van der Waals surface area contributed by atoms with Crippen molar-refractivity contribution in [3.8, 4) is 0 Å². The van der Waals surface area contributed by atoms with Crippen LogP contribution >= 0.6 is 0 Å². The summed E-state index contributed by atoms with van der Waals surface area (Å²) in [6, 6.07) is 2.03. The minimum Gasteiger partial charge on any atom is -0.481 e. The molecule has 0 amide bonds. The van der Waals surface area contributed by atoms with Gasteiger partial charge in [-0.2, -0.15) is 0 Å². The molecule has 1 N–H and O–H groups in total. The van der Waals surface area contributed by atoms with Gasteiger partial charge in [0.2, 0.25) is 0 Å². The molecule has 0 bridgehead atoms. The number of imidazole rings is 1. The average Bonchev–Trinajstić information content (AvgIpc) is 2.65. The predicted molar refractivity (Wildman–Crippen MR) is 77.7 cm³/mol. The fraction of sp³-hybridized carbons (Fsp3) is 0.533. The van der Waals surface area contributed by atoms with E-state index in [1.54, 1.807) is 0 Å². The maximum absolute atomic E-state index is 10.7. The molecule has 0 fully saturated rings. The molecule has 2 aromatic rings. The topological polar surface area (TPSA) is 68.0 Å². The predicted octanol–water partition coefficient (Wildman–Crippen LogP) is 2.80. The molecule has 0 spiro atoms. The van der Waals surface area contributed by atoms with Gasteiger partial charge >= 0.3 is 5.97 Å². The Morgan fingerprint density at radius 1 is 1.45 bits per heavy atom. The van der Waals surface area contributed by atoms with Crippen LogP contribution in [-0.4, -0.2) is 25.6 Å². The summed E-state index contributed by atoms with van der Waals surface area (Å²) in [6.07, 6.45) is 3.48. The zero-order valence-corrected chi connectivity index (χ0v) is 12.3. The molecule has 0 aliphatic carbocycles. The molecule has 2 rings (SSSR count). The van der Waals surface area contributed by atoms with Gasteiger partial charge in [-0.3, -0.25) is 4.79 Å². The van der Waals surface area contributed by atoms with Gasteiger partial charge < -0.3 is 9.67 Å². The Kier molecular flexibility index (Phi) is 4.37. The number of aromatic nitrogens is 3. The van der Waals surface area contributed by atoms with Gasteiger partial charge in [-0.25, -0.2) is 9.97 Å². The van der Waals surface area contributed by atoms with Crippen LogP contribution in [0, 0.1) is 12.8 Å². The first-order chi connectivity index (χ1) is 9.47. The van der Waals surface area contributed by atoms with Crippen molar-refractivity contribution in [2.45, 2.75) is 46.6 Å². The molecule has 0 unspecified atom stereocenters. The summed E-state index contributed by atoms with van der Waals surface area (Å²) in [7, 11) is 0. The first kappa shape index (κ1) is 14.5. The van der Waals surface area contributed by atoms with E-state index in [4.69, 9.17) is 5.11 Å². The highest BCUT2D eigenvalue weighted by atomic mass is 16.4. The number of carboxylic acids is 1. The van der Waals surface area contributed by atoms with E-state index in [-0.39, 0.29) is 6.42 Å². The molecule has 0 radical (unpaired) electrons. The average molecular weight is 275 g/mol. The Hall–Kier alpha value is -1.91. The minimum atomic E-state index is -0.761. The molecule has 20 heavy (non-hydrogen) atoms. The molecule has 108 valence electrons. The first-order valence-electron chi connectivity index (χ1n) is 7.01. The summed E-state index contributed by atoms with van der Waals surface area (Å²) in [5.74, 6) is 0.744. The summed E-state index contributed by atoms with van der Waals surface area (Å²) in [4.78, 5) is 19.8. The van der Waals surface area contributed by atoms with Crippen molar-refractivity contribution in [1.82, 2.24) is 14.5 Å². The molecule has 2 heterocycles. The Morgan fingerprint density at radius 3 is 2.85 bits per heavy atom. The lowest BCUT2D eigenvalue weighted by Crippen LogP contribution is -2.09. The van der Waals surface area contributed by atoms with Crippen molar-refractivity contribution in [3.05, 3.63) is 23.7 Å². The molecule has 0 saturated carbocycles. The van der Waals surface area contributed by atoms with Crippen LogP contribution in [0.1, 0.15) is 38.1 Å². The second-order valence-corrected chi connectivity index (χ2v) is 5.63. The lowest BCUT2D eigenvalue weighted by Gasteiger charge is -2.09. The van der Waals surface area contributed by atoms with Crippen molar-refractivity contribution < 1.29 is 9.90 Å². The summed E-state index contributed by atoms with van der Waals surface area (Å²) in [5, 5.41) is 8.77. The van der Waals surface area contributed by atoms with Crippen LogP contribution < -0.4 is 0 Å². The normalized spacial score (nSPS) is 11.4. The summed E-state index contributed by atoms with van der Waals surface area (Å²) >= 11 is 0. The van der Waals surface area contributed by atoms with Gasteiger partial charge in [0.1, 0.15) is 11.3 Å². The van der Waals surface area contributed by atoms with E-state index in [2.05, 4.69) is 28.4 Å². The molecular weight excluding hydrogens is 254 g/mol. The minimum absolute atomic E-state index is 0.173. The second-order valence-electron chi connectivity index (χ2n) is 5.63. The smallest absolute Gasteiger partial charge is 0.303 e. The Morgan fingerprint density at radius 2 is 2.20 bits per heavy atom. The van der Waals surface area contributed by atoms with Gasteiger partial charge in [0.05, 0.1) is 0 Å². The number of fused-ring (bicyclic) bond motifs is 1. The number of hydrogen-bond donors (Lipinski definition) is 1. The third-order valence-corrected chi connectivity index (χ3v) is 3.16. The zero-order valence-electron chi connectivity index (χ0n) is 12.3. The number of hydrogen-bond acceptors (Lipinski definition) is 3. The van der Waals surface area contributed by atoms with Gasteiger partial charge in [0, 0.05) is 25.6 Å². The lowest BCUT2D eigenvalue weighted by molar-refractivity contribution is -0.137. The molecule has 2 aromatic heterocycles. The number of carbonyl (C=O) groups is 1. The van der Waals surface area contributed by atoms with Gasteiger partial charge in [0.25, 0.3) is 0 Å². The molecule has 0 saturated heterocycles. The van der Waals surface area contributed by atoms with Crippen molar-refractivity contribution in [2.24, 2.45) is 5.92 Å². The van der Waals surface area contributed by atoms with E-state index < -0.39 is 5.97 Å². The van der Waals surface area contributed by atoms with Crippen LogP contribution in [0.15, 0.2) is 12.3 Å². The number of aliphatic carboxylic acids is 1. The van der Waals surface area contributed by atoms with E-state index in [0.717, 1.165) is 29.0 Å². The van der Waals surface area contributed by atoms with E-state index >= 15 is 0 Å². The summed E-state index contributed by atoms with van der Waals surface area (Å²) < 4.78 is 2.07. The summed E-state index contributed by atoms with van der Waals surface area (Å²) in [5.41, 5.74) is 2.84. The maximum Gasteiger partial charge on any atom is 0.303 e. The van der Waals surface area contributed by atoms with Crippen molar-refractivity contribution in [3.63, 3.8) is 0 Å². The third kappa shape index (κ3) is 3.35. The van der Waals surface area contributed by atoms with Crippen LogP contribution in [0.2, 0.25) is 0 Å². The van der Waals surface area contributed by atoms with E-state index in [9.17, 15) is 4.79 Å². The summed E-state index contributed by atoms with van der Waals surface area (Å²) in [6.45, 7) is 6.96. The highest BCUT2D eigenvalue weighted by Gasteiger charge is 2.13. The zero-order chi connectivity index (χ0) is 14.7. The van der Waals surface area contributed by atoms with Crippen LogP contribution in [0.25, 0.3) is 11.2 Å². The first-order valence-corrected chi connectivity index (χ1v) is 7.01. The fourth-order valence-electron chi connectivity index (χ4n) is 2.30. The highest BCUT2D eigenvalue weighted by molar-refractivity contribution is 5.72. The number of aryl methyl sites for hydroxylation is 2. The van der Waals surface area contributed by atoms with Crippen molar-refractivity contribution in [1.29, 1.82) is 0 Å². The van der Waals surface area contributed by atoms with E-state index in [0.29, 0.717) is 18.9 Å². The van der Waals surface area contributed by atoms with Crippen LogP contribution in [0.4, 0.5) is 0 Å². The highest BCUT2D eigenvalue weighted by Crippen LogP contribution is 2.18. The standard InChI is InChI=1S/C15H21N3O2/c1-10(2)7-13-17-12-8-11(3)9-16-15(12)18(13)6-4-5-14(19)20/h8-10H,4-7H2,1-3H3,(H,19,20). The molecule has 0 aromatic carbocycles. The van der Waals surface area contributed by atoms with Gasteiger partial charge in [-0.1, -0.05) is 13.8 Å². The largest absolute Gasteiger partial charge is 0.481 e. The van der Waals surface area contributed by atoms with Gasteiger partial charge in [-0.15, -0.1) is 0 Å². The number of pyridine rings is 1. The second kappa shape index (κ2) is 6.03. The molecular formula is C15H21N3O2. The van der Waals surface area contributed by atoms with Gasteiger partial charge in [-0.05, 0) is 30.9 Å². The Bertz CT molecular complexity index is 617. The third-order valence-electron chi connectivity index (χ3n) is 3.16. The molecule has 0 aliphatic rings. The molecule has 5 nitrogen and oxygen atoms in total. The van der Waals surface area contributed by atoms with Crippen molar-refractivity contribution >= 4 is 17.1 Å². The van der Waals surface area contributed by atoms with Crippen LogP contribution in [0.5, 0.6) is 0 Å². The number of carboxylic acid groups (broad SMARTS) is 1. The fourth-order valence-corrected chi connectivity index (χ4v) is 2.30. The van der Waals surface area contributed by atoms with Crippen molar-refractivity contribution in [2.75, 3.05) is 0 Å². The lowest BCUT2D eigenvalue weighted by atomic mass is 10.1. The van der Waals surface area contributed by atoms with E-state index in [1.807, 2.05) is 19.2 Å². The SMILES string of the molecule is Cc1cnc2c(c1)nc(CC(C)C)n2CCCC(=O)O. The monoisotopic (exact) mass is 275 g/mol. The maximum atomic E-state index is 10.7. The van der Waals surface area contributed by atoms with Crippen LogP contribution in [0.3, 0.4) is 0 Å². The number of nitrogens with zero attached hydrogens (tertiary/aromatic N) is 3. The van der Waals surface area contributed by atoms with E-state index in [1.165, 1.54) is 0 Å². The molecule has 0 aliphatic heterocycles. The number of rotatable bonds is 6. The van der Waals surface area contributed by atoms with Crippen LogP contribution in [-0.2, 0) is 17.8 Å². The molecule has 5 heteroatoms. The Labute approximate surface area is 118 Å². The van der Waals surface area contributed by atoms with Gasteiger partial charge in [0.15, 0.2) is 5.65 Å². The quantitative estimate of drug-likeness (QED) is 0.880. The Balaban J connectivity index is 2.33.